The van der Waals surface area contributed by atoms with E-state index in [9.17, 15) is 9.59 Å². The second-order valence-electron chi connectivity index (χ2n) is 7.32. The van der Waals surface area contributed by atoms with Gasteiger partial charge in [-0.15, -0.1) is 0 Å². The number of carbonyl (C=O) groups excluding carboxylic acids is 2. The van der Waals surface area contributed by atoms with Gasteiger partial charge in [-0.25, -0.2) is 0 Å². The Hall–Kier alpha value is -2.46. The quantitative estimate of drug-likeness (QED) is 0.272. The van der Waals surface area contributed by atoms with Gasteiger partial charge in [-0.2, -0.15) is 0 Å². The Morgan fingerprint density at radius 2 is 1.77 bits per heavy atom. The van der Waals surface area contributed by atoms with Gasteiger partial charge in [0.2, 0.25) is 0 Å². The van der Waals surface area contributed by atoms with E-state index < -0.39 is 0 Å². The molecule has 0 atom stereocenters. The topological polar surface area (TPSA) is 34.1 Å². The van der Waals surface area contributed by atoms with Crippen LogP contribution >= 0.6 is 39.1 Å². The molecule has 0 unspecified atom stereocenters. The summed E-state index contributed by atoms with van der Waals surface area (Å²) in [5.74, 6) is -0.533. The minimum absolute atomic E-state index is 0.190. The lowest BCUT2D eigenvalue weighted by atomic mass is 9.80. The molecule has 3 aromatic rings. The van der Waals surface area contributed by atoms with Crippen molar-refractivity contribution < 1.29 is 9.59 Å². The fourth-order valence-corrected chi connectivity index (χ4v) is 4.59. The summed E-state index contributed by atoms with van der Waals surface area (Å²) in [4.78, 5) is 26.4. The molecular weight excluding hydrogens is 495 g/mol. The first-order valence-electron chi connectivity index (χ1n) is 9.65. The third-order valence-electron chi connectivity index (χ3n) is 5.29. The highest BCUT2D eigenvalue weighted by Crippen LogP contribution is 2.37. The largest absolute Gasteiger partial charge is 0.294 e. The van der Waals surface area contributed by atoms with Gasteiger partial charge < -0.3 is 0 Å². The number of fused-ring (bicyclic) bond motifs is 1. The Labute approximate surface area is 199 Å². The molecule has 1 aliphatic carbocycles. The standard InChI is InChI=1S/C26H17BrCl2O2/c1-15-17(11-20(28)14-22(15)29)8-10-23(30)26-24(31)12-18-7-9-19(27)13-21(18)25(26)16-5-3-2-4-6-16/h2-11,13-14H,12H2,1H3. The number of ketones is 2. The highest BCUT2D eigenvalue weighted by Gasteiger charge is 2.30. The van der Waals surface area contributed by atoms with Crippen LogP contribution in [0.25, 0.3) is 11.6 Å². The molecule has 0 amide bonds. The van der Waals surface area contributed by atoms with E-state index in [1.807, 2.05) is 55.5 Å². The normalized spacial score (nSPS) is 13.6. The van der Waals surface area contributed by atoms with Crippen molar-refractivity contribution in [3.63, 3.8) is 0 Å². The van der Waals surface area contributed by atoms with Crippen LogP contribution in [0.15, 0.2) is 76.8 Å². The summed E-state index contributed by atoms with van der Waals surface area (Å²) in [6.45, 7) is 1.86. The minimum atomic E-state index is -0.343. The van der Waals surface area contributed by atoms with Gasteiger partial charge in [-0.05, 0) is 65.1 Å². The van der Waals surface area contributed by atoms with Crippen LogP contribution in [0.2, 0.25) is 10.0 Å². The number of hydrogen-bond acceptors (Lipinski definition) is 2. The van der Waals surface area contributed by atoms with Crippen molar-refractivity contribution in [3.8, 4) is 0 Å². The number of carbonyl (C=O) groups is 2. The Morgan fingerprint density at radius 1 is 1.03 bits per heavy atom. The SMILES string of the molecule is Cc1c(Cl)cc(Cl)cc1C=CC(=O)C1=C(c2ccccc2)c2cc(Br)ccc2CC1=O. The molecule has 0 fully saturated rings. The van der Waals surface area contributed by atoms with Gasteiger partial charge in [-0.3, -0.25) is 9.59 Å². The number of Topliss-reactive ketones (excluding diaryl/α,β-unsaturated/α-hetero) is 1. The number of rotatable bonds is 4. The zero-order valence-electron chi connectivity index (χ0n) is 16.6. The summed E-state index contributed by atoms with van der Waals surface area (Å²) < 4.78 is 0.889. The zero-order chi connectivity index (χ0) is 22.1. The fourth-order valence-electron chi connectivity index (χ4n) is 3.72. The average molecular weight is 512 g/mol. The van der Waals surface area contributed by atoms with Crippen molar-refractivity contribution in [3.05, 3.63) is 115 Å². The van der Waals surface area contributed by atoms with E-state index >= 15 is 0 Å². The summed E-state index contributed by atoms with van der Waals surface area (Å²) in [6, 6.07) is 18.7. The monoisotopic (exact) mass is 510 g/mol. The molecule has 1 aliphatic rings. The molecule has 0 N–H and O–H groups in total. The molecule has 0 bridgehead atoms. The Kier molecular flexibility index (Phi) is 6.29. The number of halogens is 3. The molecular formula is C26H17BrCl2O2. The molecule has 0 aliphatic heterocycles. The highest BCUT2D eigenvalue weighted by molar-refractivity contribution is 9.10. The second-order valence-corrected chi connectivity index (χ2v) is 9.08. The summed E-state index contributed by atoms with van der Waals surface area (Å²) >= 11 is 15.8. The van der Waals surface area contributed by atoms with Crippen LogP contribution in [0.5, 0.6) is 0 Å². The fraction of sp³-hybridized carbons (Fsp3) is 0.0769. The second kappa shape index (κ2) is 8.96. The molecule has 4 rings (SSSR count). The summed E-state index contributed by atoms with van der Waals surface area (Å²) in [5.41, 5.74) is 5.02. The highest BCUT2D eigenvalue weighted by atomic mass is 79.9. The van der Waals surface area contributed by atoms with E-state index in [0.717, 1.165) is 32.3 Å². The van der Waals surface area contributed by atoms with Crippen LogP contribution in [0.3, 0.4) is 0 Å². The maximum atomic E-state index is 13.3. The van der Waals surface area contributed by atoms with E-state index in [1.165, 1.54) is 6.08 Å². The van der Waals surface area contributed by atoms with Crippen LogP contribution in [0, 0.1) is 6.92 Å². The van der Waals surface area contributed by atoms with E-state index in [4.69, 9.17) is 23.2 Å². The van der Waals surface area contributed by atoms with Gasteiger partial charge >= 0.3 is 0 Å². The Balaban J connectivity index is 1.87. The van der Waals surface area contributed by atoms with Crippen LogP contribution in [0.4, 0.5) is 0 Å². The van der Waals surface area contributed by atoms with Gasteiger partial charge in [0.15, 0.2) is 11.6 Å². The molecule has 2 nitrogen and oxygen atoms in total. The zero-order valence-corrected chi connectivity index (χ0v) is 19.7. The molecule has 5 heteroatoms. The number of allylic oxidation sites excluding steroid dienone is 2. The molecule has 0 heterocycles. The van der Waals surface area contributed by atoms with E-state index in [-0.39, 0.29) is 23.6 Å². The van der Waals surface area contributed by atoms with E-state index in [0.29, 0.717) is 15.6 Å². The smallest absolute Gasteiger partial charge is 0.190 e. The third-order valence-corrected chi connectivity index (χ3v) is 6.40. The number of hydrogen-bond donors (Lipinski definition) is 0. The minimum Gasteiger partial charge on any atom is -0.294 e. The van der Waals surface area contributed by atoms with Crippen molar-refractivity contribution in [2.45, 2.75) is 13.3 Å². The Morgan fingerprint density at radius 3 is 2.52 bits per heavy atom. The van der Waals surface area contributed by atoms with Crippen molar-refractivity contribution in [1.82, 2.24) is 0 Å². The third kappa shape index (κ3) is 4.45. The summed E-state index contributed by atoms with van der Waals surface area (Å²) in [6.07, 6.45) is 3.28. The van der Waals surface area contributed by atoms with Crippen molar-refractivity contribution in [1.29, 1.82) is 0 Å². The molecule has 0 saturated carbocycles. The molecule has 0 spiro atoms. The maximum Gasteiger partial charge on any atom is 0.190 e. The Bertz CT molecular complexity index is 1270. The molecule has 0 saturated heterocycles. The maximum absolute atomic E-state index is 13.3. The summed E-state index contributed by atoms with van der Waals surface area (Å²) in [7, 11) is 0. The molecule has 0 radical (unpaired) electrons. The average Bonchev–Trinajstić information content (AvgIpc) is 2.75. The lowest BCUT2D eigenvalue weighted by Crippen LogP contribution is -2.21. The van der Waals surface area contributed by atoms with Crippen LogP contribution in [0.1, 0.15) is 27.8 Å². The predicted molar refractivity (Wildman–Crippen MR) is 131 cm³/mol. The van der Waals surface area contributed by atoms with E-state index in [1.54, 1.807) is 18.2 Å². The first kappa shape index (κ1) is 21.8. The van der Waals surface area contributed by atoms with Crippen molar-refractivity contribution >= 4 is 62.3 Å². The van der Waals surface area contributed by atoms with Gasteiger partial charge in [0.05, 0.1) is 5.57 Å². The van der Waals surface area contributed by atoms with Gasteiger partial charge in [0.25, 0.3) is 0 Å². The van der Waals surface area contributed by atoms with E-state index in [2.05, 4.69) is 15.9 Å². The predicted octanol–water partition coefficient (Wildman–Crippen LogP) is 7.27. The molecule has 3 aromatic carbocycles. The summed E-state index contributed by atoms with van der Waals surface area (Å²) in [5, 5.41) is 1.01. The van der Waals surface area contributed by atoms with Crippen LogP contribution < -0.4 is 0 Å². The lowest BCUT2D eigenvalue weighted by Gasteiger charge is -2.22. The van der Waals surface area contributed by atoms with Gasteiger partial charge in [-0.1, -0.05) is 81.6 Å². The number of benzene rings is 3. The molecule has 154 valence electrons. The first-order chi connectivity index (χ1) is 14.8. The first-order valence-corrected chi connectivity index (χ1v) is 11.2. The van der Waals surface area contributed by atoms with Gasteiger partial charge in [0, 0.05) is 26.5 Å². The van der Waals surface area contributed by atoms with Crippen molar-refractivity contribution in [2.75, 3.05) is 0 Å². The van der Waals surface area contributed by atoms with Crippen molar-refractivity contribution in [2.24, 2.45) is 0 Å². The van der Waals surface area contributed by atoms with Crippen LogP contribution in [-0.2, 0) is 16.0 Å². The molecule has 31 heavy (non-hydrogen) atoms. The lowest BCUT2D eigenvalue weighted by molar-refractivity contribution is -0.119. The molecule has 0 aromatic heterocycles. The van der Waals surface area contributed by atoms with Crippen LogP contribution in [-0.4, -0.2) is 11.6 Å². The van der Waals surface area contributed by atoms with Gasteiger partial charge in [0.1, 0.15) is 0 Å².